The molecule has 0 spiro atoms. The van der Waals surface area contributed by atoms with Crippen LogP contribution < -0.4 is 4.90 Å². The fourth-order valence-corrected chi connectivity index (χ4v) is 12.6. The van der Waals surface area contributed by atoms with E-state index in [9.17, 15) is 0 Å². The second-order valence-electron chi connectivity index (χ2n) is 18.7. The topological polar surface area (TPSA) is 3.24 Å². The predicted molar refractivity (Wildman–Crippen MR) is 268 cm³/mol. The number of hydrogen-bond donors (Lipinski definition) is 0. The molecule has 2 unspecified atom stereocenters. The molecule has 4 aliphatic rings. The first kappa shape index (κ1) is 38.5. The summed E-state index contributed by atoms with van der Waals surface area (Å²) >= 11 is 0. The van der Waals surface area contributed by atoms with Crippen LogP contribution in [-0.2, 0) is 17.3 Å². The average molecular weight is 822 g/mol. The Morgan fingerprint density at radius 2 is 1.08 bits per heavy atom. The molecule has 0 saturated heterocycles. The Kier molecular flexibility index (Phi) is 8.82. The minimum Gasteiger partial charge on any atom is -0.310 e. The zero-order valence-electron chi connectivity index (χ0n) is 36.8. The molecule has 8 aromatic rings. The highest BCUT2D eigenvalue weighted by atomic mass is 15.1. The maximum atomic E-state index is 2.60. The van der Waals surface area contributed by atoms with Gasteiger partial charge in [-0.15, -0.1) is 0 Å². The first-order valence-electron chi connectivity index (χ1n) is 23.0. The zero-order chi connectivity index (χ0) is 43.0. The number of anilines is 3. The Labute approximate surface area is 378 Å². The normalized spacial score (nSPS) is 19.2. The van der Waals surface area contributed by atoms with Gasteiger partial charge < -0.3 is 4.90 Å². The van der Waals surface area contributed by atoms with Crippen molar-refractivity contribution in [3.05, 3.63) is 280 Å². The Balaban J connectivity index is 1.17. The molecule has 1 heteroatoms. The van der Waals surface area contributed by atoms with Gasteiger partial charge in [0.2, 0.25) is 0 Å². The van der Waals surface area contributed by atoms with Crippen LogP contribution in [0.25, 0.3) is 22.8 Å². The summed E-state index contributed by atoms with van der Waals surface area (Å²) in [7, 11) is 0. The zero-order valence-corrected chi connectivity index (χ0v) is 36.8. The van der Waals surface area contributed by atoms with Gasteiger partial charge >= 0.3 is 0 Å². The molecule has 0 saturated carbocycles. The van der Waals surface area contributed by atoms with Crippen molar-refractivity contribution in [3.63, 3.8) is 0 Å². The van der Waals surface area contributed by atoms with Crippen LogP contribution in [-0.4, -0.2) is 0 Å². The van der Waals surface area contributed by atoms with Gasteiger partial charge in [-0.2, -0.15) is 0 Å². The summed E-state index contributed by atoms with van der Waals surface area (Å²) in [4.78, 5) is 2.60. The summed E-state index contributed by atoms with van der Waals surface area (Å²) < 4.78 is 0. The van der Waals surface area contributed by atoms with Crippen LogP contribution in [0.2, 0.25) is 0 Å². The monoisotopic (exact) mass is 821 g/mol. The van der Waals surface area contributed by atoms with Gasteiger partial charge in [-0.3, -0.25) is 0 Å². The third kappa shape index (κ3) is 5.31. The van der Waals surface area contributed by atoms with Crippen LogP contribution in [0.4, 0.5) is 17.1 Å². The third-order valence-corrected chi connectivity index (χ3v) is 15.3. The molecule has 12 rings (SSSR count). The van der Waals surface area contributed by atoms with Crippen LogP contribution in [0.5, 0.6) is 0 Å². The van der Waals surface area contributed by atoms with Gasteiger partial charge in [-0.25, -0.2) is 0 Å². The number of benzene rings is 8. The van der Waals surface area contributed by atoms with E-state index in [1.54, 1.807) is 0 Å². The molecule has 0 amide bonds. The van der Waals surface area contributed by atoms with Crippen LogP contribution in [0, 0.1) is 18.3 Å². The SMILES string of the molecule is Cc1ccc(N(c2ccc3c(c2)C(c2ccccc2)(c2ccccc2)c2ccccc2-3)c2ccc3c(c2)C(c2ccccc2)(c2ccccc2)C2(C)CC=CC=C32)c2c1C=CC(C)C2. The van der Waals surface area contributed by atoms with E-state index in [2.05, 4.69) is 250 Å². The van der Waals surface area contributed by atoms with Crippen molar-refractivity contribution in [3.8, 4) is 11.1 Å². The molecule has 4 aliphatic carbocycles. The molecule has 8 aromatic carbocycles. The van der Waals surface area contributed by atoms with E-state index >= 15 is 0 Å². The summed E-state index contributed by atoms with van der Waals surface area (Å²) in [6, 6.07) is 73.6. The Morgan fingerprint density at radius 1 is 0.531 bits per heavy atom. The minimum atomic E-state index is -0.516. The van der Waals surface area contributed by atoms with Crippen molar-refractivity contribution < 1.29 is 0 Å². The lowest BCUT2D eigenvalue weighted by Crippen LogP contribution is -2.42. The standard InChI is InChI=1S/C63H51N/c1-43-31-35-51-44(2)32-38-60(55(51)40-43)64(49-33-36-53-52-28-16-17-30-57(52)62(58(53)41-49,45-20-8-4-9-21-45)46-22-10-5-11-23-46)50-34-37-54-56-29-18-19-39-61(56,3)63(59(54)42-50,47-24-12-6-13-25-47)48-26-14-7-15-27-48/h4-38,41-43H,39-40H2,1-3H3. The number of aryl methyl sites for hydroxylation is 1. The smallest absolute Gasteiger partial charge is 0.0714 e. The van der Waals surface area contributed by atoms with Gasteiger partial charge in [0.05, 0.1) is 10.8 Å². The van der Waals surface area contributed by atoms with Crippen molar-refractivity contribution in [2.75, 3.05) is 4.90 Å². The highest BCUT2D eigenvalue weighted by Gasteiger charge is 2.59. The van der Waals surface area contributed by atoms with Crippen LogP contribution >= 0.6 is 0 Å². The van der Waals surface area contributed by atoms with E-state index in [1.807, 2.05) is 0 Å². The average Bonchev–Trinajstić information content (AvgIpc) is 3.77. The van der Waals surface area contributed by atoms with Gasteiger partial charge in [0.25, 0.3) is 0 Å². The maximum Gasteiger partial charge on any atom is 0.0714 e. The molecule has 64 heavy (non-hydrogen) atoms. The van der Waals surface area contributed by atoms with E-state index in [0.29, 0.717) is 5.92 Å². The lowest BCUT2D eigenvalue weighted by atomic mass is 9.55. The van der Waals surface area contributed by atoms with Crippen LogP contribution in [0.3, 0.4) is 0 Å². The minimum absolute atomic E-state index is 0.218. The lowest BCUT2D eigenvalue weighted by molar-refractivity contribution is 0.321. The van der Waals surface area contributed by atoms with Crippen molar-refractivity contribution in [1.82, 2.24) is 0 Å². The van der Waals surface area contributed by atoms with Crippen molar-refractivity contribution in [2.45, 2.75) is 44.4 Å². The molecule has 0 aliphatic heterocycles. The second-order valence-corrected chi connectivity index (χ2v) is 18.7. The number of fused-ring (bicyclic) bond motifs is 7. The van der Waals surface area contributed by atoms with E-state index in [-0.39, 0.29) is 5.41 Å². The third-order valence-electron chi connectivity index (χ3n) is 15.3. The summed E-state index contributed by atoms with van der Waals surface area (Å²) in [5, 5.41) is 0. The highest BCUT2D eigenvalue weighted by Crippen LogP contribution is 2.67. The molecule has 0 bridgehead atoms. The van der Waals surface area contributed by atoms with Gasteiger partial charge in [0, 0.05) is 22.5 Å². The summed E-state index contributed by atoms with van der Waals surface area (Å²) in [5.41, 5.74) is 21.0. The molecule has 308 valence electrons. The molecule has 0 fully saturated rings. The van der Waals surface area contributed by atoms with E-state index < -0.39 is 10.8 Å². The molecule has 0 heterocycles. The fourth-order valence-electron chi connectivity index (χ4n) is 12.6. The van der Waals surface area contributed by atoms with Crippen LogP contribution in [0.15, 0.2) is 218 Å². The van der Waals surface area contributed by atoms with Gasteiger partial charge in [0.1, 0.15) is 0 Å². The quantitative estimate of drug-likeness (QED) is 0.155. The summed E-state index contributed by atoms with van der Waals surface area (Å²) in [6.45, 7) is 7.13. The molecule has 1 nitrogen and oxygen atoms in total. The molecule has 2 atom stereocenters. The van der Waals surface area contributed by atoms with Gasteiger partial charge in [0.15, 0.2) is 0 Å². The summed E-state index contributed by atoms with van der Waals surface area (Å²) in [5.74, 6) is 0.430. The van der Waals surface area contributed by atoms with Crippen molar-refractivity contribution >= 4 is 28.7 Å². The van der Waals surface area contributed by atoms with Gasteiger partial charge in [-0.05, 0) is 134 Å². The number of allylic oxidation sites excluding steroid dienone is 5. The second kappa shape index (κ2) is 14.7. The Morgan fingerprint density at radius 3 is 1.72 bits per heavy atom. The lowest BCUT2D eigenvalue weighted by Gasteiger charge is -2.47. The predicted octanol–water partition coefficient (Wildman–Crippen LogP) is 15.7. The van der Waals surface area contributed by atoms with E-state index in [1.165, 1.54) is 89.3 Å². The Bertz CT molecular complexity index is 3110. The molecule has 0 radical (unpaired) electrons. The molecular formula is C63H51N. The van der Waals surface area contributed by atoms with Crippen LogP contribution in [0.1, 0.15) is 81.5 Å². The fraction of sp³-hybridized carbons (Fsp3) is 0.143. The summed E-state index contributed by atoms with van der Waals surface area (Å²) in [6.07, 6.45) is 13.7. The molecular weight excluding hydrogens is 771 g/mol. The first-order chi connectivity index (χ1) is 31.4. The number of rotatable bonds is 7. The van der Waals surface area contributed by atoms with Crippen molar-refractivity contribution in [2.24, 2.45) is 11.3 Å². The maximum absolute atomic E-state index is 2.60. The first-order valence-corrected chi connectivity index (χ1v) is 23.0. The van der Waals surface area contributed by atoms with E-state index in [0.717, 1.165) is 18.5 Å². The molecule has 0 N–H and O–H groups in total. The largest absolute Gasteiger partial charge is 0.310 e. The van der Waals surface area contributed by atoms with Crippen molar-refractivity contribution in [1.29, 1.82) is 0 Å². The van der Waals surface area contributed by atoms with Gasteiger partial charge in [-0.1, -0.05) is 208 Å². The van der Waals surface area contributed by atoms with E-state index in [4.69, 9.17) is 0 Å². The number of hydrogen-bond acceptors (Lipinski definition) is 1. The Hall–Kier alpha value is -7.22. The highest BCUT2D eigenvalue weighted by molar-refractivity contribution is 5.93. The molecule has 0 aromatic heterocycles. The number of nitrogens with zero attached hydrogens (tertiary/aromatic N) is 1.